The Balaban J connectivity index is 2.54. The van der Waals surface area contributed by atoms with Gasteiger partial charge in [-0.3, -0.25) is 0 Å². The molecule has 0 saturated heterocycles. The molecular weight excluding hydrogens is 301 g/mol. The topological polar surface area (TPSA) is 32.3 Å². The Hall–Kier alpha value is -0.130. The molecule has 1 atom stereocenters. The molecule has 0 aromatic heterocycles. The Labute approximate surface area is 105 Å². The van der Waals surface area contributed by atoms with E-state index in [9.17, 15) is 5.11 Å². The Morgan fingerprint density at radius 3 is 2.33 bits per heavy atom. The van der Waals surface area contributed by atoms with Crippen molar-refractivity contribution in [1.82, 2.24) is 5.32 Å². The van der Waals surface area contributed by atoms with E-state index in [4.69, 9.17) is 0 Å². The summed E-state index contributed by atoms with van der Waals surface area (Å²) in [6, 6.07) is 8.69. The summed E-state index contributed by atoms with van der Waals surface area (Å²) >= 11 is 2.29. The van der Waals surface area contributed by atoms with Crippen molar-refractivity contribution in [1.29, 1.82) is 0 Å². The minimum absolute atomic E-state index is 0.272. The van der Waals surface area contributed by atoms with Crippen molar-refractivity contribution < 1.29 is 5.11 Å². The van der Waals surface area contributed by atoms with E-state index in [0.717, 1.165) is 0 Å². The molecule has 0 spiro atoms. The number of benzene rings is 1. The van der Waals surface area contributed by atoms with Crippen LogP contribution in [0.2, 0.25) is 0 Å². The third kappa shape index (κ3) is 4.95. The van der Waals surface area contributed by atoms with E-state index in [1.807, 2.05) is 0 Å². The highest BCUT2D eigenvalue weighted by atomic mass is 127. The predicted molar refractivity (Wildman–Crippen MR) is 71.9 cm³/mol. The molecule has 84 valence electrons. The number of hydrogen-bond acceptors (Lipinski definition) is 2. The van der Waals surface area contributed by atoms with Gasteiger partial charge in [0, 0.05) is 16.2 Å². The summed E-state index contributed by atoms with van der Waals surface area (Å²) in [5.74, 6) is 0. The number of hydrogen-bond donors (Lipinski definition) is 2. The summed E-state index contributed by atoms with van der Waals surface area (Å²) in [5.41, 5.74) is 0.594. The maximum Gasteiger partial charge on any atom is 0.0715 e. The molecule has 2 N–H and O–H groups in total. The van der Waals surface area contributed by atoms with E-state index in [-0.39, 0.29) is 6.04 Å². The van der Waals surface area contributed by atoms with Crippen LogP contribution in [0.25, 0.3) is 0 Å². The van der Waals surface area contributed by atoms with Crippen molar-refractivity contribution in [2.24, 2.45) is 0 Å². The van der Waals surface area contributed by atoms with Gasteiger partial charge in [-0.1, -0.05) is 12.1 Å². The zero-order valence-corrected chi connectivity index (χ0v) is 11.6. The monoisotopic (exact) mass is 319 g/mol. The number of nitrogens with one attached hydrogen (secondary N) is 1. The molecule has 0 saturated carbocycles. The number of halogens is 1. The van der Waals surface area contributed by atoms with E-state index in [0.29, 0.717) is 6.54 Å². The smallest absolute Gasteiger partial charge is 0.0715 e. The third-order valence-corrected chi connectivity index (χ3v) is 2.93. The van der Waals surface area contributed by atoms with Crippen LogP contribution >= 0.6 is 22.6 Å². The summed E-state index contributed by atoms with van der Waals surface area (Å²) in [7, 11) is 0. The van der Waals surface area contributed by atoms with Gasteiger partial charge in [-0.05, 0) is 61.1 Å². The maximum absolute atomic E-state index is 9.59. The average Bonchev–Trinajstić information content (AvgIpc) is 2.14. The maximum atomic E-state index is 9.59. The van der Waals surface area contributed by atoms with Crippen LogP contribution in [0, 0.1) is 3.57 Å². The van der Waals surface area contributed by atoms with Crippen molar-refractivity contribution in [3.05, 3.63) is 33.4 Å². The molecule has 3 heteroatoms. The van der Waals surface area contributed by atoms with Crippen LogP contribution in [0.3, 0.4) is 0 Å². The van der Waals surface area contributed by atoms with Crippen LogP contribution in [0.5, 0.6) is 0 Å². The van der Waals surface area contributed by atoms with Gasteiger partial charge in [0.15, 0.2) is 0 Å². The molecule has 1 aromatic rings. The first-order valence-corrected chi connectivity index (χ1v) is 6.17. The highest BCUT2D eigenvalue weighted by molar-refractivity contribution is 14.1. The molecular formula is C12H18INO. The molecule has 2 nitrogen and oxygen atoms in total. The number of aliphatic hydroxyl groups is 1. The first kappa shape index (κ1) is 12.9. The molecule has 1 aromatic carbocycles. The lowest BCUT2D eigenvalue weighted by Crippen LogP contribution is -2.36. The molecule has 1 rings (SSSR count). The Kier molecular flexibility index (Phi) is 4.55. The van der Waals surface area contributed by atoms with Gasteiger partial charge in [-0.2, -0.15) is 0 Å². The van der Waals surface area contributed by atoms with E-state index in [1.165, 1.54) is 9.13 Å². The summed E-state index contributed by atoms with van der Waals surface area (Å²) in [4.78, 5) is 0. The fraction of sp³-hybridized carbons (Fsp3) is 0.500. The fourth-order valence-corrected chi connectivity index (χ4v) is 1.63. The molecule has 0 fully saturated rings. The highest BCUT2D eigenvalue weighted by Crippen LogP contribution is 2.15. The predicted octanol–water partition coefficient (Wildman–Crippen LogP) is 2.71. The van der Waals surface area contributed by atoms with Crippen molar-refractivity contribution in [2.45, 2.75) is 32.4 Å². The van der Waals surface area contributed by atoms with Gasteiger partial charge in [-0.25, -0.2) is 0 Å². The van der Waals surface area contributed by atoms with E-state index < -0.39 is 5.60 Å². The first-order valence-electron chi connectivity index (χ1n) is 5.10. The van der Waals surface area contributed by atoms with Gasteiger partial charge in [0.1, 0.15) is 0 Å². The summed E-state index contributed by atoms with van der Waals surface area (Å²) in [6.07, 6.45) is 0. The van der Waals surface area contributed by atoms with Crippen LogP contribution in [0.4, 0.5) is 0 Å². The lowest BCUT2D eigenvalue weighted by molar-refractivity contribution is 0.0770. The molecule has 15 heavy (non-hydrogen) atoms. The van der Waals surface area contributed by atoms with Crippen LogP contribution in [0.1, 0.15) is 32.4 Å². The zero-order chi connectivity index (χ0) is 11.5. The van der Waals surface area contributed by atoms with Crippen molar-refractivity contribution >= 4 is 22.6 Å². The van der Waals surface area contributed by atoms with Gasteiger partial charge in [0.05, 0.1) is 5.60 Å². The molecule has 0 bridgehead atoms. The Bertz CT molecular complexity index is 302. The molecule has 0 amide bonds. The lowest BCUT2D eigenvalue weighted by Gasteiger charge is -2.22. The van der Waals surface area contributed by atoms with Gasteiger partial charge < -0.3 is 10.4 Å². The second-order valence-electron chi connectivity index (χ2n) is 4.47. The average molecular weight is 319 g/mol. The van der Waals surface area contributed by atoms with Crippen LogP contribution in [-0.2, 0) is 0 Å². The van der Waals surface area contributed by atoms with Crippen molar-refractivity contribution in [2.75, 3.05) is 6.54 Å². The van der Waals surface area contributed by atoms with Crippen molar-refractivity contribution in [3.8, 4) is 0 Å². The minimum atomic E-state index is -0.655. The molecule has 0 radical (unpaired) electrons. The SMILES string of the molecule is CC(NCC(C)(C)O)c1ccc(I)cc1. The summed E-state index contributed by atoms with van der Waals surface area (Å²) in [5, 5.41) is 12.9. The van der Waals surface area contributed by atoms with Gasteiger partial charge >= 0.3 is 0 Å². The normalized spacial score (nSPS) is 13.9. The van der Waals surface area contributed by atoms with Gasteiger partial charge in [0.2, 0.25) is 0 Å². The second kappa shape index (κ2) is 5.27. The second-order valence-corrected chi connectivity index (χ2v) is 5.71. The summed E-state index contributed by atoms with van der Waals surface area (Å²) in [6.45, 7) is 6.31. The molecule has 0 aliphatic carbocycles. The van der Waals surface area contributed by atoms with Crippen molar-refractivity contribution in [3.63, 3.8) is 0 Å². The molecule has 0 aliphatic heterocycles. The third-order valence-electron chi connectivity index (χ3n) is 2.21. The molecule has 0 aliphatic rings. The quantitative estimate of drug-likeness (QED) is 0.837. The minimum Gasteiger partial charge on any atom is -0.389 e. The van der Waals surface area contributed by atoms with Crippen LogP contribution in [-0.4, -0.2) is 17.3 Å². The van der Waals surface area contributed by atoms with Crippen LogP contribution in [0.15, 0.2) is 24.3 Å². The lowest BCUT2D eigenvalue weighted by atomic mass is 10.1. The van der Waals surface area contributed by atoms with E-state index >= 15 is 0 Å². The largest absolute Gasteiger partial charge is 0.389 e. The summed E-state index contributed by atoms with van der Waals surface area (Å²) < 4.78 is 1.24. The molecule has 0 heterocycles. The molecule has 1 unspecified atom stereocenters. The first-order chi connectivity index (χ1) is 6.88. The van der Waals surface area contributed by atoms with Gasteiger partial charge in [-0.15, -0.1) is 0 Å². The van der Waals surface area contributed by atoms with Crippen LogP contribution < -0.4 is 5.32 Å². The van der Waals surface area contributed by atoms with Gasteiger partial charge in [0.25, 0.3) is 0 Å². The fourth-order valence-electron chi connectivity index (χ4n) is 1.27. The Morgan fingerprint density at radius 1 is 1.33 bits per heavy atom. The zero-order valence-electron chi connectivity index (χ0n) is 9.42. The van der Waals surface area contributed by atoms with E-state index in [2.05, 4.69) is 59.1 Å². The standard InChI is InChI=1S/C12H18INO/c1-9(14-8-12(2,3)15)10-4-6-11(13)7-5-10/h4-7,9,14-15H,8H2,1-3H3. The highest BCUT2D eigenvalue weighted by Gasteiger charge is 2.14. The number of rotatable bonds is 4. The van der Waals surface area contributed by atoms with E-state index in [1.54, 1.807) is 13.8 Å². The Morgan fingerprint density at radius 2 is 1.87 bits per heavy atom.